The van der Waals surface area contributed by atoms with Crippen molar-refractivity contribution in [1.82, 2.24) is 9.80 Å². The van der Waals surface area contributed by atoms with Crippen LogP contribution >= 0.6 is 0 Å². The van der Waals surface area contributed by atoms with Crippen molar-refractivity contribution in [2.45, 2.75) is 64.1 Å². The summed E-state index contributed by atoms with van der Waals surface area (Å²) in [6.45, 7) is 3.26. The molecule has 1 heterocycles. The molecule has 1 fully saturated rings. The largest absolute Gasteiger partial charge is 0.388 e. The van der Waals surface area contributed by atoms with E-state index in [1.165, 1.54) is 13.8 Å². The zero-order valence-corrected chi connectivity index (χ0v) is 25.0. The first kappa shape index (κ1) is 30.9. The van der Waals surface area contributed by atoms with Crippen molar-refractivity contribution in [1.29, 1.82) is 0 Å². The average Bonchev–Trinajstić information content (AvgIpc) is 3.09. The molecular weight excluding hydrogens is 552 g/mol. The number of urea groups is 1. The molecule has 0 radical (unpaired) electrons. The molecule has 4 aromatic rings. The molecule has 1 aliphatic heterocycles. The van der Waals surface area contributed by atoms with E-state index in [0.29, 0.717) is 24.0 Å². The van der Waals surface area contributed by atoms with Gasteiger partial charge in [0.15, 0.2) is 11.6 Å². The standard InChI is InChI=1S/C37H38N2O5/c1-25(40)31-17-9-15-29(19-31)23-38-33(21-27-11-5-3-6-12-27)35(42)36(43)34(22-28-13-7-4-8-14-28)39(37(38)44)24-30-16-10-18-32(20-30)26(2)41/h3-20,33-36,42-43H,21-24H2,1-2H3/t33-,34-,35+,36+/m1/s1. The first-order valence-corrected chi connectivity index (χ1v) is 14.9. The summed E-state index contributed by atoms with van der Waals surface area (Å²) in [7, 11) is 0. The molecule has 2 amide bonds. The highest BCUT2D eigenvalue weighted by molar-refractivity contribution is 5.94. The van der Waals surface area contributed by atoms with E-state index in [1.54, 1.807) is 46.2 Å². The number of amides is 2. The lowest BCUT2D eigenvalue weighted by Gasteiger charge is -2.36. The van der Waals surface area contributed by atoms with Crippen molar-refractivity contribution in [2.75, 3.05) is 0 Å². The smallest absolute Gasteiger partial charge is 0.321 e. The van der Waals surface area contributed by atoms with Crippen LogP contribution in [0.4, 0.5) is 4.79 Å². The number of rotatable bonds is 10. The summed E-state index contributed by atoms with van der Waals surface area (Å²) >= 11 is 0. The minimum absolute atomic E-state index is 0.0831. The summed E-state index contributed by atoms with van der Waals surface area (Å²) in [5.74, 6) is -0.166. The third-order valence-electron chi connectivity index (χ3n) is 8.38. The predicted octanol–water partition coefficient (Wildman–Crippen LogP) is 5.47. The molecule has 2 N–H and O–H groups in total. The van der Waals surface area contributed by atoms with Crippen LogP contribution in [0.15, 0.2) is 109 Å². The summed E-state index contributed by atoms with van der Waals surface area (Å²) in [5, 5.41) is 23.7. The first-order chi connectivity index (χ1) is 21.2. The quantitative estimate of drug-likeness (QED) is 0.239. The van der Waals surface area contributed by atoms with E-state index in [4.69, 9.17) is 0 Å². The predicted molar refractivity (Wildman–Crippen MR) is 169 cm³/mol. The Bertz CT molecular complexity index is 1490. The van der Waals surface area contributed by atoms with Gasteiger partial charge in [-0.2, -0.15) is 0 Å². The minimum atomic E-state index is -1.27. The van der Waals surface area contributed by atoms with E-state index in [0.717, 1.165) is 22.3 Å². The fraction of sp³-hybridized carbons (Fsp3) is 0.270. The highest BCUT2D eigenvalue weighted by Crippen LogP contribution is 2.30. The Labute approximate surface area is 258 Å². The first-order valence-electron chi connectivity index (χ1n) is 14.9. The van der Waals surface area contributed by atoms with Gasteiger partial charge in [-0.05, 0) is 61.1 Å². The van der Waals surface area contributed by atoms with Gasteiger partial charge >= 0.3 is 6.03 Å². The van der Waals surface area contributed by atoms with Crippen LogP contribution in [-0.2, 0) is 25.9 Å². The Morgan fingerprint density at radius 2 is 0.932 bits per heavy atom. The normalized spacial score (nSPS) is 20.3. The second-order valence-corrected chi connectivity index (χ2v) is 11.5. The van der Waals surface area contributed by atoms with Gasteiger partial charge in [-0.25, -0.2) is 4.79 Å². The summed E-state index contributed by atoms with van der Waals surface area (Å²) in [6.07, 6.45) is -1.89. The van der Waals surface area contributed by atoms with Crippen LogP contribution < -0.4 is 0 Å². The summed E-state index contributed by atoms with van der Waals surface area (Å²) in [6, 6.07) is 31.6. The molecule has 7 nitrogen and oxygen atoms in total. The maximum absolute atomic E-state index is 14.8. The molecule has 0 unspecified atom stereocenters. The fourth-order valence-corrected chi connectivity index (χ4v) is 5.99. The molecule has 5 rings (SSSR count). The topological polar surface area (TPSA) is 98.2 Å². The molecule has 44 heavy (non-hydrogen) atoms. The fourth-order valence-electron chi connectivity index (χ4n) is 5.99. The van der Waals surface area contributed by atoms with Crippen molar-refractivity contribution in [3.8, 4) is 0 Å². The highest BCUT2D eigenvalue weighted by Gasteiger charge is 2.46. The Kier molecular flexibility index (Phi) is 9.68. The number of aliphatic hydroxyl groups is 2. The lowest BCUT2D eigenvalue weighted by molar-refractivity contribution is -0.0408. The number of ketones is 2. The summed E-state index contributed by atoms with van der Waals surface area (Å²) < 4.78 is 0. The molecule has 0 aliphatic carbocycles. The molecule has 1 saturated heterocycles. The Hall–Kier alpha value is -4.59. The molecular formula is C37H38N2O5. The van der Waals surface area contributed by atoms with Gasteiger partial charge < -0.3 is 20.0 Å². The third kappa shape index (κ3) is 7.13. The molecule has 0 bridgehead atoms. The maximum atomic E-state index is 14.8. The van der Waals surface area contributed by atoms with Crippen LogP contribution in [0.25, 0.3) is 0 Å². The van der Waals surface area contributed by atoms with Gasteiger partial charge in [0, 0.05) is 24.2 Å². The summed E-state index contributed by atoms with van der Waals surface area (Å²) in [4.78, 5) is 42.4. The number of carbonyl (C=O) groups is 3. The van der Waals surface area contributed by atoms with E-state index < -0.39 is 24.3 Å². The third-order valence-corrected chi connectivity index (χ3v) is 8.38. The lowest BCUT2D eigenvalue weighted by atomic mass is 9.90. The number of Topliss-reactive ketones (excluding diaryl/α,β-unsaturated/α-hetero) is 2. The van der Waals surface area contributed by atoms with Crippen molar-refractivity contribution >= 4 is 17.6 Å². The lowest BCUT2D eigenvalue weighted by Crippen LogP contribution is -2.50. The maximum Gasteiger partial charge on any atom is 0.321 e. The summed E-state index contributed by atoms with van der Waals surface area (Å²) in [5.41, 5.74) is 4.38. The van der Waals surface area contributed by atoms with Gasteiger partial charge in [-0.15, -0.1) is 0 Å². The average molecular weight is 591 g/mol. The molecule has 7 heteroatoms. The molecule has 1 aliphatic rings. The number of hydrogen-bond donors (Lipinski definition) is 2. The van der Waals surface area contributed by atoms with Crippen molar-refractivity contribution in [3.05, 3.63) is 143 Å². The number of nitrogens with zero attached hydrogens (tertiary/aromatic N) is 2. The van der Waals surface area contributed by atoms with Gasteiger partial charge in [-0.1, -0.05) is 97.1 Å². The van der Waals surface area contributed by atoms with Gasteiger partial charge in [0.2, 0.25) is 0 Å². The van der Waals surface area contributed by atoms with Crippen LogP contribution in [-0.4, -0.2) is 61.9 Å². The van der Waals surface area contributed by atoms with Crippen LogP contribution in [0.2, 0.25) is 0 Å². The number of aliphatic hydroxyl groups excluding tert-OH is 2. The molecule has 4 atom stereocenters. The van der Waals surface area contributed by atoms with E-state index in [9.17, 15) is 24.6 Å². The molecule has 0 aromatic heterocycles. The van der Waals surface area contributed by atoms with Crippen LogP contribution in [0.1, 0.15) is 56.8 Å². The van der Waals surface area contributed by atoms with E-state index in [-0.39, 0.29) is 30.7 Å². The monoisotopic (exact) mass is 590 g/mol. The Balaban J connectivity index is 1.61. The zero-order valence-electron chi connectivity index (χ0n) is 25.0. The highest BCUT2D eigenvalue weighted by atomic mass is 16.3. The van der Waals surface area contributed by atoms with Gasteiger partial charge in [0.05, 0.1) is 12.1 Å². The van der Waals surface area contributed by atoms with Crippen molar-refractivity contribution in [3.63, 3.8) is 0 Å². The second-order valence-electron chi connectivity index (χ2n) is 11.5. The molecule has 0 saturated carbocycles. The van der Waals surface area contributed by atoms with Crippen molar-refractivity contribution in [2.24, 2.45) is 0 Å². The van der Waals surface area contributed by atoms with Crippen LogP contribution in [0.5, 0.6) is 0 Å². The van der Waals surface area contributed by atoms with E-state index >= 15 is 0 Å². The van der Waals surface area contributed by atoms with E-state index in [1.807, 2.05) is 72.8 Å². The van der Waals surface area contributed by atoms with Crippen LogP contribution in [0, 0.1) is 0 Å². The Morgan fingerprint density at radius 1 is 0.568 bits per heavy atom. The SMILES string of the molecule is CC(=O)c1cccc(CN2C(=O)N(Cc3cccc(C(C)=O)c3)[C@H](Cc3ccccc3)[C@H](O)[C@@H](O)[C@H]2Cc2ccccc2)c1. The number of carbonyl (C=O) groups excluding carboxylic acids is 3. The molecule has 4 aromatic carbocycles. The molecule has 226 valence electrons. The van der Waals surface area contributed by atoms with Gasteiger partial charge in [0.25, 0.3) is 0 Å². The minimum Gasteiger partial charge on any atom is -0.388 e. The van der Waals surface area contributed by atoms with Crippen molar-refractivity contribution < 1.29 is 24.6 Å². The molecule has 0 spiro atoms. The number of hydrogen-bond acceptors (Lipinski definition) is 5. The second kappa shape index (κ2) is 13.8. The Morgan fingerprint density at radius 3 is 1.30 bits per heavy atom. The van der Waals surface area contributed by atoms with Crippen LogP contribution in [0.3, 0.4) is 0 Å². The number of benzene rings is 4. The van der Waals surface area contributed by atoms with Gasteiger partial charge in [-0.3, -0.25) is 9.59 Å². The van der Waals surface area contributed by atoms with E-state index in [2.05, 4.69) is 0 Å². The van der Waals surface area contributed by atoms with Gasteiger partial charge in [0.1, 0.15) is 12.2 Å². The zero-order chi connectivity index (χ0) is 31.2.